The zero-order valence-electron chi connectivity index (χ0n) is 13.0. The van der Waals surface area contributed by atoms with E-state index in [2.05, 4.69) is 34.8 Å². The Hall–Kier alpha value is -1.68. The molecule has 112 valence electrons. The monoisotopic (exact) mass is 284 g/mol. The molecule has 0 aliphatic heterocycles. The first-order valence-corrected chi connectivity index (χ1v) is 8.01. The molecule has 0 aromatic carbocycles. The van der Waals surface area contributed by atoms with Gasteiger partial charge in [0.25, 0.3) is 0 Å². The van der Waals surface area contributed by atoms with Crippen LogP contribution in [0.3, 0.4) is 0 Å². The number of pyridine rings is 1. The van der Waals surface area contributed by atoms with E-state index in [1.165, 1.54) is 35.4 Å². The Bertz CT molecular complexity index is 615. The van der Waals surface area contributed by atoms with Crippen LogP contribution in [0.5, 0.6) is 0 Å². The number of aromatic nitrogens is 3. The van der Waals surface area contributed by atoms with E-state index >= 15 is 0 Å². The zero-order chi connectivity index (χ0) is 14.7. The Morgan fingerprint density at radius 2 is 2.10 bits per heavy atom. The van der Waals surface area contributed by atoms with Crippen molar-refractivity contribution in [1.29, 1.82) is 0 Å². The summed E-state index contributed by atoms with van der Waals surface area (Å²) in [6, 6.07) is 2.24. The Morgan fingerprint density at radius 3 is 2.90 bits per heavy atom. The van der Waals surface area contributed by atoms with Crippen molar-refractivity contribution < 1.29 is 0 Å². The quantitative estimate of drug-likeness (QED) is 0.858. The topological polar surface area (TPSA) is 42.7 Å². The number of hydrogen-bond acceptors (Lipinski definition) is 3. The van der Waals surface area contributed by atoms with E-state index in [1.807, 2.05) is 12.5 Å². The van der Waals surface area contributed by atoms with Crippen molar-refractivity contribution in [2.24, 2.45) is 0 Å². The average molecular weight is 284 g/mol. The second kappa shape index (κ2) is 6.39. The molecule has 0 spiro atoms. The lowest BCUT2D eigenvalue weighted by atomic mass is 10.0. The largest absolute Gasteiger partial charge is 0.313 e. The molecule has 4 heteroatoms. The highest BCUT2D eigenvalue weighted by molar-refractivity contribution is 5.38. The lowest BCUT2D eigenvalue weighted by Gasteiger charge is -2.15. The summed E-state index contributed by atoms with van der Waals surface area (Å²) in [7, 11) is 0. The molecule has 3 rings (SSSR count). The van der Waals surface area contributed by atoms with Crippen LogP contribution < -0.4 is 5.32 Å². The van der Waals surface area contributed by atoms with Crippen molar-refractivity contribution in [3.8, 4) is 5.82 Å². The summed E-state index contributed by atoms with van der Waals surface area (Å²) < 4.78 is 2.19. The van der Waals surface area contributed by atoms with Crippen molar-refractivity contribution in [2.45, 2.75) is 52.5 Å². The Balaban J connectivity index is 1.84. The predicted molar refractivity (Wildman–Crippen MR) is 84.7 cm³/mol. The van der Waals surface area contributed by atoms with Crippen LogP contribution in [0.4, 0.5) is 0 Å². The molecule has 0 atom stereocenters. The summed E-state index contributed by atoms with van der Waals surface area (Å²) in [4.78, 5) is 9.26. The number of aryl methyl sites for hydroxylation is 2. The molecule has 2 heterocycles. The molecule has 1 aliphatic carbocycles. The third kappa shape index (κ3) is 3.00. The van der Waals surface area contributed by atoms with Gasteiger partial charge >= 0.3 is 0 Å². The molecule has 0 amide bonds. The first kappa shape index (κ1) is 14.3. The lowest BCUT2D eigenvalue weighted by molar-refractivity contribution is 0.652. The summed E-state index contributed by atoms with van der Waals surface area (Å²) in [5.74, 6) is 1.03. The van der Waals surface area contributed by atoms with E-state index in [0.29, 0.717) is 0 Å². The van der Waals surface area contributed by atoms with Crippen LogP contribution in [0.2, 0.25) is 0 Å². The number of nitrogens with one attached hydrogen (secondary N) is 1. The summed E-state index contributed by atoms with van der Waals surface area (Å²) in [6.07, 6.45) is 9.85. The van der Waals surface area contributed by atoms with Gasteiger partial charge in [-0.05, 0) is 62.8 Å². The third-order valence-corrected chi connectivity index (χ3v) is 4.12. The van der Waals surface area contributed by atoms with E-state index in [0.717, 1.165) is 38.2 Å². The molecule has 21 heavy (non-hydrogen) atoms. The number of nitrogens with zero attached hydrogens (tertiary/aromatic N) is 3. The number of rotatable bonds is 5. The Morgan fingerprint density at radius 1 is 1.24 bits per heavy atom. The lowest BCUT2D eigenvalue weighted by Crippen LogP contribution is -2.15. The Labute approximate surface area is 126 Å². The molecule has 1 N–H and O–H groups in total. The molecular weight excluding hydrogens is 260 g/mol. The number of fused-ring (bicyclic) bond motifs is 1. The molecule has 0 radical (unpaired) electrons. The van der Waals surface area contributed by atoms with Gasteiger partial charge in [-0.1, -0.05) is 6.92 Å². The smallest absolute Gasteiger partial charge is 0.140 e. The minimum Gasteiger partial charge on any atom is -0.313 e. The second-order valence-corrected chi connectivity index (χ2v) is 5.88. The molecule has 0 saturated heterocycles. The highest BCUT2D eigenvalue weighted by atomic mass is 15.1. The van der Waals surface area contributed by atoms with Gasteiger partial charge in [0.05, 0.1) is 5.69 Å². The van der Waals surface area contributed by atoms with Crippen molar-refractivity contribution >= 4 is 0 Å². The summed E-state index contributed by atoms with van der Waals surface area (Å²) in [6.45, 7) is 6.27. The molecule has 2 aromatic heterocycles. The van der Waals surface area contributed by atoms with E-state index < -0.39 is 0 Å². The first-order valence-electron chi connectivity index (χ1n) is 8.01. The fraction of sp³-hybridized carbons (Fsp3) is 0.529. The van der Waals surface area contributed by atoms with Gasteiger partial charge in [-0.2, -0.15) is 0 Å². The molecule has 0 bridgehead atoms. The van der Waals surface area contributed by atoms with Crippen LogP contribution >= 0.6 is 0 Å². The Kier molecular flexibility index (Phi) is 4.34. The molecule has 1 aliphatic rings. The second-order valence-electron chi connectivity index (χ2n) is 5.88. The maximum absolute atomic E-state index is 4.69. The van der Waals surface area contributed by atoms with Gasteiger partial charge in [-0.3, -0.25) is 4.57 Å². The fourth-order valence-electron chi connectivity index (χ4n) is 3.04. The van der Waals surface area contributed by atoms with Crippen LogP contribution in [0, 0.1) is 6.92 Å². The highest BCUT2D eigenvalue weighted by Gasteiger charge is 2.17. The van der Waals surface area contributed by atoms with Crippen LogP contribution in [0.1, 0.15) is 48.7 Å². The SMILES string of the molecule is CCCNCc1cnc(-n2cnc3c2CCCC3)c(C)c1. The van der Waals surface area contributed by atoms with Gasteiger partial charge in [-0.25, -0.2) is 9.97 Å². The van der Waals surface area contributed by atoms with E-state index in [-0.39, 0.29) is 0 Å². The van der Waals surface area contributed by atoms with Crippen LogP contribution in [-0.2, 0) is 19.4 Å². The average Bonchev–Trinajstić information content (AvgIpc) is 2.92. The first-order chi connectivity index (χ1) is 10.3. The van der Waals surface area contributed by atoms with Crippen LogP contribution in [0.15, 0.2) is 18.6 Å². The van der Waals surface area contributed by atoms with Gasteiger partial charge in [0.2, 0.25) is 0 Å². The molecular formula is C17H24N4. The normalized spacial score (nSPS) is 14.2. The van der Waals surface area contributed by atoms with Crippen molar-refractivity contribution in [3.05, 3.63) is 41.1 Å². The maximum Gasteiger partial charge on any atom is 0.140 e. The van der Waals surface area contributed by atoms with Gasteiger partial charge in [0.15, 0.2) is 0 Å². The van der Waals surface area contributed by atoms with Gasteiger partial charge in [0.1, 0.15) is 12.1 Å². The van der Waals surface area contributed by atoms with E-state index in [4.69, 9.17) is 4.98 Å². The minimum absolute atomic E-state index is 0.893. The van der Waals surface area contributed by atoms with Crippen molar-refractivity contribution in [2.75, 3.05) is 6.54 Å². The van der Waals surface area contributed by atoms with Gasteiger partial charge in [-0.15, -0.1) is 0 Å². The third-order valence-electron chi connectivity index (χ3n) is 4.12. The number of imidazole rings is 1. The summed E-state index contributed by atoms with van der Waals surface area (Å²) in [5.41, 5.74) is 5.08. The molecule has 0 fully saturated rings. The van der Waals surface area contributed by atoms with Crippen molar-refractivity contribution in [3.63, 3.8) is 0 Å². The van der Waals surface area contributed by atoms with Gasteiger partial charge in [0, 0.05) is 18.4 Å². The van der Waals surface area contributed by atoms with E-state index in [1.54, 1.807) is 0 Å². The number of hydrogen-bond donors (Lipinski definition) is 1. The highest BCUT2D eigenvalue weighted by Crippen LogP contribution is 2.23. The standard InChI is InChI=1S/C17H24N4/c1-3-8-18-10-14-9-13(2)17(19-11-14)21-12-20-15-6-4-5-7-16(15)21/h9,11-12,18H,3-8,10H2,1-2H3. The molecule has 2 aromatic rings. The summed E-state index contributed by atoms with van der Waals surface area (Å²) in [5, 5.41) is 3.42. The molecule has 4 nitrogen and oxygen atoms in total. The van der Waals surface area contributed by atoms with Gasteiger partial charge < -0.3 is 5.32 Å². The van der Waals surface area contributed by atoms with Crippen LogP contribution in [-0.4, -0.2) is 21.1 Å². The van der Waals surface area contributed by atoms with E-state index in [9.17, 15) is 0 Å². The molecule has 0 unspecified atom stereocenters. The predicted octanol–water partition coefficient (Wildman–Crippen LogP) is 2.95. The zero-order valence-corrected chi connectivity index (χ0v) is 13.0. The maximum atomic E-state index is 4.69. The minimum atomic E-state index is 0.893. The molecule has 0 saturated carbocycles. The van der Waals surface area contributed by atoms with Crippen molar-refractivity contribution in [1.82, 2.24) is 19.9 Å². The summed E-state index contributed by atoms with van der Waals surface area (Å²) >= 11 is 0. The fourth-order valence-corrected chi connectivity index (χ4v) is 3.04. The van der Waals surface area contributed by atoms with Crippen LogP contribution in [0.25, 0.3) is 5.82 Å².